The van der Waals surface area contributed by atoms with Crippen LogP contribution in [0.3, 0.4) is 0 Å². The summed E-state index contributed by atoms with van der Waals surface area (Å²) < 4.78 is 27.3. The van der Waals surface area contributed by atoms with Crippen LogP contribution in [0, 0.1) is 5.41 Å². The predicted octanol–water partition coefficient (Wildman–Crippen LogP) is -1.52. The van der Waals surface area contributed by atoms with Crippen LogP contribution in [0.15, 0.2) is 30.4 Å². The fraction of sp³-hybridized carbons (Fsp3) is 0.536. The standard InChI is InChI=1S/C28H36N2O14/c1-28(2,3)27(39)42-14-15-4-5-16(43-26-23(36)21(34)22(35)24(44-26)25(37)38)12-17(15)41-11-10-40-9-8-29-18(31)13-30-19(32)6-7-20(30)33/h4-7,12,21-24,26,34-36H,8-11,13-14H2,1-3H3,(H,29,31)(H,37,38)/t21-,22-,23+,24?,26+/m0/s1. The molecule has 5 N–H and O–H groups in total. The molecule has 1 unspecified atom stereocenters. The quantitative estimate of drug-likeness (QED) is 0.0900. The van der Waals surface area contributed by atoms with Crippen molar-refractivity contribution in [2.45, 2.75) is 58.1 Å². The van der Waals surface area contributed by atoms with E-state index >= 15 is 0 Å². The van der Waals surface area contributed by atoms with E-state index in [4.69, 9.17) is 23.7 Å². The normalized spacial score (nSPS) is 23.4. The number of rotatable bonds is 14. The average molecular weight is 625 g/mol. The molecule has 0 radical (unpaired) electrons. The Balaban J connectivity index is 1.56. The van der Waals surface area contributed by atoms with Crippen LogP contribution in [0.1, 0.15) is 26.3 Å². The average Bonchev–Trinajstić information content (AvgIpc) is 3.27. The highest BCUT2D eigenvalue weighted by Crippen LogP contribution is 2.30. The number of hydrogen-bond donors (Lipinski definition) is 5. The first-order chi connectivity index (χ1) is 20.7. The van der Waals surface area contributed by atoms with Gasteiger partial charge in [-0.3, -0.25) is 24.1 Å². The molecule has 2 aliphatic rings. The number of aliphatic hydroxyl groups excluding tert-OH is 3. The van der Waals surface area contributed by atoms with Gasteiger partial charge in [-0.2, -0.15) is 0 Å². The largest absolute Gasteiger partial charge is 0.491 e. The second-order valence-corrected chi connectivity index (χ2v) is 10.9. The van der Waals surface area contributed by atoms with Crippen LogP contribution >= 0.6 is 0 Å². The van der Waals surface area contributed by atoms with Crippen LogP contribution in [0.4, 0.5) is 0 Å². The van der Waals surface area contributed by atoms with Crippen molar-refractivity contribution >= 4 is 29.7 Å². The molecule has 2 aliphatic heterocycles. The lowest BCUT2D eigenvalue weighted by molar-refractivity contribution is -0.271. The van der Waals surface area contributed by atoms with Crippen molar-refractivity contribution in [3.63, 3.8) is 0 Å². The lowest BCUT2D eigenvalue weighted by Crippen LogP contribution is -2.61. The maximum atomic E-state index is 12.3. The van der Waals surface area contributed by atoms with E-state index in [0.29, 0.717) is 5.56 Å². The zero-order valence-corrected chi connectivity index (χ0v) is 24.3. The molecule has 0 aliphatic carbocycles. The Hall–Kier alpha value is -4.09. The van der Waals surface area contributed by atoms with Crippen LogP contribution in [-0.4, -0.2) is 119 Å². The summed E-state index contributed by atoms with van der Waals surface area (Å²) in [5.41, 5.74) is -0.323. The molecule has 5 atom stereocenters. The molecule has 1 saturated heterocycles. The highest BCUT2D eigenvalue weighted by molar-refractivity contribution is 6.14. The summed E-state index contributed by atoms with van der Waals surface area (Å²) >= 11 is 0. The van der Waals surface area contributed by atoms with Gasteiger partial charge in [0, 0.05) is 30.3 Å². The van der Waals surface area contributed by atoms with Crippen molar-refractivity contribution < 1.29 is 68.1 Å². The van der Waals surface area contributed by atoms with E-state index < -0.39 is 72.3 Å². The van der Waals surface area contributed by atoms with Gasteiger partial charge in [-0.1, -0.05) is 0 Å². The van der Waals surface area contributed by atoms with Crippen LogP contribution in [0.5, 0.6) is 11.5 Å². The van der Waals surface area contributed by atoms with Crippen molar-refractivity contribution in [3.05, 3.63) is 35.9 Å². The minimum absolute atomic E-state index is 0.00534. The monoisotopic (exact) mass is 624 g/mol. The van der Waals surface area contributed by atoms with E-state index in [1.54, 1.807) is 20.8 Å². The molecule has 44 heavy (non-hydrogen) atoms. The van der Waals surface area contributed by atoms with E-state index in [1.807, 2.05) is 0 Å². The first kappa shape index (κ1) is 34.4. The number of carbonyl (C=O) groups is 5. The number of aliphatic carboxylic acids is 1. The summed E-state index contributed by atoms with van der Waals surface area (Å²) in [5, 5.41) is 42.0. The van der Waals surface area contributed by atoms with E-state index in [2.05, 4.69) is 5.32 Å². The van der Waals surface area contributed by atoms with Gasteiger partial charge in [-0.05, 0) is 32.9 Å². The summed E-state index contributed by atoms with van der Waals surface area (Å²) in [4.78, 5) is 59.5. The number of carboxylic acid groups (broad SMARTS) is 1. The van der Waals surface area contributed by atoms with Gasteiger partial charge in [0.25, 0.3) is 11.8 Å². The predicted molar refractivity (Wildman–Crippen MR) is 146 cm³/mol. The van der Waals surface area contributed by atoms with Gasteiger partial charge in [0.2, 0.25) is 12.2 Å². The third-order valence-electron chi connectivity index (χ3n) is 6.33. The van der Waals surface area contributed by atoms with Crippen LogP contribution in [-0.2, 0) is 44.8 Å². The molecule has 0 saturated carbocycles. The first-order valence-electron chi connectivity index (χ1n) is 13.6. The number of benzene rings is 1. The van der Waals surface area contributed by atoms with Crippen molar-refractivity contribution in [1.82, 2.24) is 10.2 Å². The van der Waals surface area contributed by atoms with Crippen LogP contribution in [0.2, 0.25) is 0 Å². The Labute approximate surface area is 252 Å². The lowest BCUT2D eigenvalue weighted by Gasteiger charge is -2.38. The maximum absolute atomic E-state index is 12.3. The second kappa shape index (κ2) is 15.1. The Morgan fingerprint density at radius 3 is 2.30 bits per heavy atom. The Bertz CT molecular complexity index is 1240. The van der Waals surface area contributed by atoms with Gasteiger partial charge >= 0.3 is 11.9 Å². The number of nitrogens with one attached hydrogen (secondary N) is 1. The SMILES string of the molecule is CC(C)(C)C(=O)OCc1ccc(O[C@@H]2OC(C(=O)O)[C@@H](O)[C@H](O)[C@H]2O)cc1OCCOCCNC(=O)CN1C(=O)C=CC1=O. The van der Waals surface area contributed by atoms with Gasteiger partial charge in [0.05, 0.1) is 18.6 Å². The minimum Gasteiger partial charge on any atom is -0.491 e. The summed E-state index contributed by atoms with van der Waals surface area (Å²) in [6.07, 6.45) is -6.86. The number of carboxylic acids is 1. The number of ether oxygens (including phenoxy) is 5. The Morgan fingerprint density at radius 1 is 0.977 bits per heavy atom. The topological polar surface area (TPSA) is 228 Å². The third-order valence-corrected chi connectivity index (χ3v) is 6.33. The maximum Gasteiger partial charge on any atom is 0.335 e. The third kappa shape index (κ3) is 9.20. The number of hydrogen-bond acceptors (Lipinski definition) is 13. The smallest absolute Gasteiger partial charge is 0.335 e. The molecule has 2 heterocycles. The molecule has 1 aromatic rings. The fourth-order valence-corrected chi connectivity index (χ4v) is 3.87. The van der Waals surface area contributed by atoms with E-state index in [-0.39, 0.29) is 44.5 Å². The van der Waals surface area contributed by atoms with Gasteiger partial charge in [-0.25, -0.2) is 4.79 Å². The Morgan fingerprint density at radius 2 is 1.66 bits per heavy atom. The van der Waals surface area contributed by atoms with E-state index in [0.717, 1.165) is 17.1 Å². The van der Waals surface area contributed by atoms with E-state index in [1.165, 1.54) is 18.2 Å². The molecule has 16 heteroatoms. The molecular formula is C28H36N2O14. The molecule has 0 bridgehead atoms. The molecule has 0 aromatic heterocycles. The number of nitrogens with zero attached hydrogens (tertiary/aromatic N) is 1. The van der Waals surface area contributed by atoms with Gasteiger partial charge in [0.15, 0.2) is 6.10 Å². The van der Waals surface area contributed by atoms with Crippen LogP contribution in [0.25, 0.3) is 0 Å². The van der Waals surface area contributed by atoms with Gasteiger partial charge < -0.3 is 49.4 Å². The number of carbonyl (C=O) groups excluding carboxylic acids is 4. The molecule has 16 nitrogen and oxygen atoms in total. The van der Waals surface area contributed by atoms with Crippen molar-refractivity contribution in [1.29, 1.82) is 0 Å². The zero-order chi connectivity index (χ0) is 32.6. The molecule has 3 rings (SSSR count). The highest BCUT2D eigenvalue weighted by atomic mass is 16.7. The zero-order valence-electron chi connectivity index (χ0n) is 24.3. The van der Waals surface area contributed by atoms with Gasteiger partial charge in [-0.15, -0.1) is 0 Å². The molecule has 242 valence electrons. The number of aliphatic hydroxyl groups is 3. The second-order valence-electron chi connectivity index (χ2n) is 10.9. The highest BCUT2D eigenvalue weighted by Gasteiger charge is 2.48. The summed E-state index contributed by atoms with van der Waals surface area (Å²) in [7, 11) is 0. The van der Waals surface area contributed by atoms with Crippen molar-refractivity contribution in [3.8, 4) is 11.5 Å². The van der Waals surface area contributed by atoms with Crippen molar-refractivity contribution in [2.75, 3.05) is 32.9 Å². The number of esters is 1. The van der Waals surface area contributed by atoms with Crippen LogP contribution < -0.4 is 14.8 Å². The molecule has 1 fully saturated rings. The molecule has 1 aromatic carbocycles. The summed E-state index contributed by atoms with van der Waals surface area (Å²) in [6.45, 7) is 4.75. The lowest BCUT2D eigenvalue weighted by atomic mass is 9.97. The van der Waals surface area contributed by atoms with E-state index in [9.17, 15) is 44.4 Å². The van der Waals surface area contributed by atoms with Gasteiger partial charge in [0.1, 0.15) is 49.6 Å². The fourth-order valence-electron chi connectivity index (χ4n) is 3.87. The first-order valence-corrected chi connectivity index (χ1v) is 13.6. The molecule has 3 amide bonds. The number of imide groups is 1. The van der Waals surface area contributed by atoms with Crippen molar-refractivity contribution in [2.24, 2.45) is 5.41 Å². The molecule has 0 spiro atoms. The Kier molecular flexibility index (Phi) is 11.8. The summed E-state index contributed by atoms with van der Waals surface area (Å²) in [5.74, 6) is -3.47. The minimum atomic E-state index is -1.88. The number of amides is 3. The summed E-state index contributed by atoms with van der Waals surface area (Å²) in [6, 6.07) is 4.31. The molecular weight excluding hydrogens is 588 g/mol.